The molecular weight excluding hydrogens is 273 g/mol. The van der Waals surface area contributed by atoms with E-state index in [-0.39, 0.29) is 11.9 Å². The van der Waals surface area contributed by atoms with Gasteiger partial charge in [0.2, 0.25) is 0 Å². The third kappa shape index (κ3) is 2.42. The van der Waals surface area contributed by atoms with Crippen LogP contribution in [0.4, 0.5) is 10.1 Å². The number of nitrogens with one attached hydrogen (secondary N) is 1. The van der Waals surface area contributed by atoms with Crippen molar-refractivity contribution < 1.29 is 4.39 Å². The minimum Gasteiger partial charge on any atom is -0.375 e. The maximum Gasteiger partial charge on any atom is 0.137 e. The summed E-state index contributed by atoms with van der Waals surface area (Å²) in [6, 6.07) is 5.51. The quantitative estimate of drug-likeness (QED) is 0.933. The van der Waals surface area contributed by atoms with E-state index in [9.17, 15) is 4.39 Å². The van der Waals surface area contributed by atoms with E-state index in [1.54, 1.807) is 17.8 Å². The van der Waals surface area contributed by atoms with Crippen LogP contribution < -0.4 is 5.32 Å². The lowest BCUT2D eigenvalue weighted by molar-refractivity contribution is 0.585. The molecule has 1 aliphatic rings. The molecule has 0 amide bonds. The molecule has 5 heteroatoms. The molecule has 20 heavy (non-hydrogen) atoms. The Morgan fingerprint density at radius 2 is 2.35 bits per heavy atom. The number of aromatic nitrogens is 2. The lowest BCUT2D eigenvalue weighted by atomic mass is 10.0. The van der Waals surface area contributed by atoms with E-state index in [1.165, 1.54) is 6.07 Å². The highest BCUT2D eigenvalue weighted by molar-refractivity contribution is 7.99. The number of nitrogens with zero attached hydrogens (tertiary/aromatic N) is 2. The summed E-state index contributed by atoms with van der Waals surface area (Å²) in [5.41, 5.74) is 3.18. The van der Waals surface area contributed by atoms with Gasteiger partial charge in [0.1, 0.15) is 5.82 Å². The van der Waals surface area contributed by atoms with Crippen LogP contribution in [-0.2, 0) is 13.5 Å². The highest BCUT2D eigenvalue weighted by atomic mass is 32.2. The van der Waals surface area contributed by atoms with Crippen molar-refractivity contribution in [2.24, 2.45) is 7.05 Å². The van der Waals surface area contributed by atoms with E-state index in [0.717, 1.165) is 40.4 Å². The highest BCUT2D eigenvalue weighted by Gasteiger charge is 2.24. The van der Waals surface area contributed by atoms with Crippen LogP contribution in [0.3, 0.4) is 0 Å². The van der Waals surface area contributed by atoms with E-state index in [4.69, 9.17) is 0 Å². The second kappa shape index (κ2) is 5.48. The van der Waals surface area contributed by atoms with Gasteiger partial charge in [-0.15, -0.1) is 11.8 Å². The molecule has 3 nitrogen and oxygen atoms in total. The van der Waals surface area contributed by atoms with Crippen molar-refractivity contribution in [2.75, 3.05) is 11.1 Å². The predicted octanol–water partition coefficient (Wildman–Crippen LogP) is 3.77. The third-order valence-electron chi connectivity index (χ3n) is 3.60. The standard InChI is InChI=1S/C15H18FN3S/c1-3-12-14(9-19(2)18-12)17-13-7-8-20-15-10(13)5-4-6-11(15)16/h4-6,9,13,17H,3,7-8H2,1-2H3. The van der Waals surface area contributed by atoms with Gasteiger partial charge in [-0.25, -0.2) is 4.39 Å². The first kappa shape index (κ1) is 13.5. The summed E-state index contributed by atoms with van der Waals surface area (Å²) in [4.78, 5) is 0.790. The average molecular weight is 291 g/mol. The molecular formula is C15H18FN3S. The van der Waals surface area contributed by atoms with E-state index in [1.807, 2.05) is 24.0 Å². The van der Waals surface area contributed by atoms with E-state index in [0.29, 0.717) is 0 Å². The number of anilines is 1. The summed E-state index contributed by atoms with van der Waals surface area (Å²) in [6.07, 6.45) is 3.89. The summed E-state index contributed by atoms with van der Waals surface area (Å²) in [6.45, 7) is 2.10. The molecule has 0 saturated carbocycles. The smallest absolute Gasteiger partial charge is 0.137 e. The van der Waals surface area contributed by atoms with Crippen molar-refractivity contribution in [3.8, 4) is 0 Å². The van der Waals surface area contributed by atoms with Crippen LogP contribution in [0.5, 0.6) is 0 Å². The number of thioether (sulfide) groups is 1. The first-order valence-electron chi connectivity index (χ1n) is 6.89. The highest BCUT2D eigenvalue weighted by Crippen LogP contribution is 2.39. The Labute approximate surface area is 122 Å². The Morgan fingerprint density at radius 3 is 3.15 bits per heavy atom. The maximum atomic E-state index is 13.9. The van der Waals surface area contributed by atoms with Gasteiger partial charge in [0.05, 0.1) is 17.4 Å². The van der Waals surface area contributed by atoms with Crippen LogP contribution >= 0.6 is 11.8 Å². The average Bonchev–Trinajstić information content (AvgIpc) is 2.80. The molecule has 2 aromatic rings. The van der Waals surface area contributed by atoms with Crippen LogP contribution in [0.2, 0.25) is 0 Å². The molecule has 3 rings (SSSR count). The fourth-order valence-corrected chi connectivity index (χ4v) is 3.78. The minimum absolute atomic E-state index is 0.110. The number of halogens is 1. The van der Waals surface area contributed by atoms with Crippen LogP contribution in [0, 0.1) is 5.82 Å². The molecule has 0 bridgehead atoms. The SMILES string of the molecule is CCc1nn(C)cc1NC1CCSc2c(F)cccc21. The number of benzene rings is 1. The summed E-state index contributed by atoms with van der Waals surface area (Å²) < 4.78 is 15.7. The largest absolute Gasteiger partial charge is 0.375 e. The van der Waals surface area contributed by atoms with Gasteiger partial charge in [0.15, 0.2) is 0 Å². The van der Waals surface area contributed by atoms with Crippen LogP contribution in [0.1, 0.15) is 30.6 Å². The van der Waals surface area contributed by atoms with Gasteiger partial charge in [-0.3, -0.25) is 4.68 Å². The fraction of sp³-hybridized carbons (Fsp3) is 0.400. The Balaban J connectivity index is 1.91. The van der Waals surface area contributed by atoms with Crippen LogP contribution in [0.25, 0.3) is 0 Å². The topological polar surface area (TPSA) is 29.9 Å². The Kier molecular flexibility index (Phi) is 3.70. The van der Waals surface area contributed by atoms with Gasteiger partial charge in [-0.1, -0.05) is 19.1 Å². The Hall–Kier alpha value is -1.49. The molecule has 1 aromatic heterocycles. The molecule has 1 unspecified atom stereocenters. The number of aryl methyl sites for hydroxylation is 2. The summed E-state index contributed by atoms with van der Waals surface area (Å²) in [5.74, 6) is 0.828. The molecule has 0 fully saturated rings. The zero-order valence-corrected chi connectivity index (χ0v) is 12.5. The lowest BCUT2D eigenvalue weighted by Gasteiger charge is -2.26. The molecule has 0 saturated heterocycles. The van der Waals surface area contributed by atoms with Gasteiger partial charge in [-0.2, -0.15) is 5.10 Å². The molecule has 1 N–H and O–H groups in total. The van der Waals surface area contributed by atoms with Gasteiger partial charge in [0.25, 0.3) is 0 Å². The molecule has 0 radical (unpaired) electrons. The molecule has 1 aromatic carbocycles. The third-order valence-corrected chi connectivity index (χ3v) is 4.75. The number of rotatable bonds is 3. The summed E-state index contributed by atoms with van der Waals surface area (Å²) in [7, 11) is 1.93. The van der Waals surface area contributed by atoms with Gasteiger partial charge in [-0.05, 0) is 24.5 Å². The zero-order valence-electron chi connectivity index (χ0n) is 11.7. The molecule has 106 valence electrons. The number of fused-ring (bicyclic) bond motifs is 1. The predicted molar refractivity (Wildman–Crippen MR) is 80.7 cm³/mol. The van der Waals surface area contributed by atoms with Crippen molar-refractivity contribution in [1.29, 1.82) is 0 Å². The lowest BCUT2D eigenvalue weighted by Crippen LogP contribution is -2.17. The number of hydrogen-bond donors (Lipinski definition) is 1. The van der Waals surface area contributed by atoms with Crippen molar-refractivity contribution in [3.63, 3.8) is 0 Å². The number of hydrogen-bond acceptors (Lipinski definition) is 3. The van der Waals surface area contributed by atoms with Gasteiger partial charge < -0.3 is 5.32 Å². The van der Waals surface area contributed by atoms with Crippen molar-refractivity contribution in [3.05, 3.63) is 41.5 Å². The molecule has 1 atom stereocenters. The van der Waals surface area contributed by atoms with Crippen molar-refractivity contribution >= 4 is 17.4 Å². The van der Waals surface area contributed by atoms with Gasteiger partial charge in [0, 0.05) is 23.9 Å². The minimum atomic E-state index is -0.110. The second-order valence-corrected chi connectivity index (χ2v) is 6.11. The molecule has 0 spiro atoms. The zero-order chi connectivity index (χ0) is 14.1. The summed E-state index contributed by atoms with van der Waals surface area (Å²) >= 11 is 1.61. The molecule has 1 aliphatic heterocycles. The second-order valence-electron chi connectivity index (χ2n) is 5.01. The summed E-state index contributed by atoms with van der Waals surface area (Å²) in [5, 5.41) is 7.98. The maximum absolute atomic E-state index is 13.9. The van der Waals surface area contributed by atoms with Crippen molar-refractivity contribution in [1.82, 2.24) is 9.78 Å². The fourth-order valence-electron chi connectivity index (χ4n) is 2.64. The van der Waals surface area contributed by atoms with Crippen molar-refractivity contribution in [2.45, 2.75) is 30.7 Å². The van der Waals surface area contributed by atoms with E-state index in [2.05, 4.69) is 17.3 Å². The van der Waals surface area contributed by atoms with Crippen LogP contribution in [-0.4, -0.2) is 15.5 Å². The first-order chi connectivity index (χ1) is 9.69. The first-order valence-corrected chi connectivity index (χ1v) is 7.88. The molecule has 2 heterocycles. The Morgan fingerprint density at radius 1 is 1.50 bits per heavy atom. The monoisotopic (exact) mass is 291 g/mol. The molecule has 0 aliphatic carbocycles. The van der Waals surface area contributed by atoms with E-state index < -0.39 is 0 Å². The van der Waals surface area contributed by atoms with E-state index >= 15 is 0 Å². The van der Waals surface area contributed by atoms with Gasteiger partial charge >= 0.3 is 0 Å². The Bertz CT molecular complexity index is 624. The van der Waals surface area contributed by atoms with Crippen LogP contribution in [0.15, 0.2) is 29.3 Å². The normalized spacial score (nSPS) is 17.9.